The van der Waals surface area contributed by atoms with E-state index in [1.54, 1.807) is 22.8 Å². The Hall–Kier alpha value is -2.89. The Labute approximate surface area is 128 Å². The highest BCUT2D eigenvalue weighted by molar-refractivity contribution is 5.93. The monoisotopic (exact) mass is 295 g/mol. The maximum Gasteiger partial charge on any atom is 0.274 e. The zero-order valence-corrected chi connectivity index (χ0v) is 12.5. The predicted molar refractivity (Wildman–Crippen MR) is 82.7 cm³/mol. The summed E-state index contributed by atoms with van der Waals surface area (Å²) in [5.41, 5.74) is 3.30. The van der Waals surface area contributed by atoms with Crippen molar-refractivity contribution in [2.75, 3.05) is 7.05 Å². The number of amides is 1. The molecule has 0 aliphatic carbocycles. The molecule has 3 aromatic rings. The van der Waals surface area contributed by atoms with Crippen LogP contribution in [0, 0.1) is 6.92 Å². The van der Waals surface area contributed by atoms with Crippen molar-refractivity contribution in [3.63, 3.8) is 0 Å². The average molecular weight is 295 g/mol. The molecule has 0 fully saturated rings. The van der Waals surface area contributed by atoms with Gasteiger partial charge in [-0.3, -0.25) is 4.79 Å². The van der Waals surface area contributed by atoms with E-state index >= 15 is 0 Å². The Bertz CT molecular complexity index is 758. The summed E-state index contributed by atoms with van der Waals surface area (Å²) in [6.45, 7) is 2.37. The highest BCUT2D eigenvalue weighted by Gasteiger charge is 2.16. The van der Waals surface area contributed by atoms with Crippen LogP contribution in [0.15, 0.2) is 49.1 Å². The van der Waals surface area contributed by atoms with Gasteiger partial charge in [0.2, 0.25) is 0 Å². The van der Waals surface area contributed by atoms with Gasteiger partial charge >= 0.3 is 0 Å². The van der Waals surface area contributed by atoms with Gasteiger partial charge in [0, 0.05) is 31.7 Å². The minimum Gasteiger partial charge on any atom is -0.348 e. The molecule has 1 amide bonds. The third kappa shape index (κ3) is 2.76. The van der Waals surface area contributed by atoms with Crippen LogP contribution in [-0.2, 0) is 6.54 Å². The number of rotatable bonds is 4. The minimum atomic E-state index is -0.0881. The smallest absolute Gasteiger partial charge is 0.274 e. The molecule has 0 spiro atoms. The van der Waals surface area contributed by atoms with Crippen molar-refractivity contribution in [3.05, 3.63) is 66.0 Å². The van der Waals surface area contributed by atoms with E-state index in [1.165, 1.54) is 6.33 Å². The molecule has 22 heavy (non-hydrogen) atoms. The zero-order valence-electron chi connectivity index (χ0n) is 12.5. The summed E-state index contributed by atoms with van der Waals surface area (Å²) < 4.78 is 1.80. The molecule has 0 aliphatic rings. The number of imidazole rings is 1. The van der Waals surface area contributed by atoms with E-state index < -0.39 is 0 Å². The summed E-state index contributed by atoms with van der Waals surface area (Å²) in [4.78, 5) is 21.0. The van der Waals surface area contributed by atoms with Gasteiger partial charge in [-0.05, 0) is 30.7 Å². The minimum absolute atomic E-state index is 0.0881. The highest BCUT2D eigenvalue weighted by Crippen LogP contribution is 2.12. The van der Waals surface area contributed by atoms with Crippen LogP contribution in [0.1, 0.15) is 21.7 Å². The second kappa shape index (κ2) is 5.85. The van der Waals surface area contributed by atoms with Crippen LogP contribution in [0.5, 0.6) is 0 Å². The topological polar surface area (TPSA) is 66.8 Å². The summed E-state index contributed by atoms with van der Waals surface area (Å²) in [6.07, 6.45) is 5.17. The number of aryl methyl sites for hydroxylation is 1. The Morgan fingerprint density at radius 2 is 2.09 bits per heavy atom. The normalized spacial score (nSPS) is 10.6. The van der Waals surface area contributed by atoms with Gasteiger partial charge in [-0.15, -0.1) is 0 Å². The Morgan fingerprint density at radius 1 is 1.32 bits per heavy atom. The number of hydrogen-bond acceptors (Lipinski definition) is 3. The molecule has 0 radical (unpaired) electrons. The van der Waals surface area contributed by atoms with Crippen LogP contribution in [0.25, 0.3) is 5.69 Å². The predicted octanol–water partition coefficient (Wildman–Crippen LogP) is 2.18. The maximum absolute atomic E-state index is 12.3. The molecule has 0 unspecified atom stereocenters. The van der Waals surface area contributed by atoms with E-state index in [0.29, 0.717) is 12.2 Å². The molecule has 0 bridgehead atoms. The molecular formula is C16H17N5O. The lowest BCUT2D eigenvalue weighted by Crippen LogP contribution is -2.27. The molecule has 2 aromatic heterocycles. The first-order valence-electron chi connectivity index (χ1n) is 6.99. The molecule has 6 nitrogen and oxygen atoms in total. The SMILES string of the molecule is Cc1[nH]cnc1C(=O)N(C)Cc1ccc(-n2cccn2)cc1. The molecule has 112 valence electrons. The van der Waals surface area contributed by atoms with E-state index in [1.807, 2.05) is 43.5 Å². The Morgan fingerprint density at radius 3 is 2.68 bits per heavy atom. The third-order valence-electron chi connectivity index (χ3n) is 3.50. The molecule has 1 N–H and O–H groups in total. The summed E-state index contributed by atoms with van der Waals surface area (Å²) in [5, 5.41) is 4.19. The van der Waals surface area contributed by atoms with Gasteiger partial charge < -0.3 is 9.88 Å². The number of aromatic nitrogens is 4. The van der Waals surface area contributed by atoms with Gasteiger partial charge in [0.05, 0.1) is 12.0 Å². The summed E-state index contributed by atoms with van der Waals surface area (Å²) in [7, 11) is 1.78. The summed E-state index contributed by atoms with van der Waals surface area (Å²) in [6, 6.07) is 9.85. The average Bonchev–Trinajstić information content (AvgIpc) is 3.18. The fourth-order valence-corrected chi connectivity index (χ4v) is 2.28. The molecule has 2 heterocycles. The van der Waals surface area contributed by atoms with Crippen LogP contribution < -0.4 is 0 Å². The first-order chi connectivity index (χ1) is 10.6. The summed E-state index contributed by atoms with van der Waals surface area (Å²) >= 11 is 0. The van der Waals surface area contributed by atoms with Crippen LogP contribution in [0.2, 0.25) is 0 Å². The van der Waals surface area contributed by atoms with Gasteiger partial charge in [-0.2, -0.15) is 5.10 Å². The van der Waals surface area contributed by atoms with E-state index in [0.717, 1.165) is 16.9 Å². The second-order valence-corrected chi connectivity index (χ2v) is 5.15. The molecule has 0 aliphatic heterocycles. The number of nitrogens with zero attached hydrogens (tertiary/aromatic N) is 4. The molecule has 3 rings (SSSR count). The van der Waals surface area contributed by atoms with Crippen molar-refractivity contribution < 1.29 is 4.79 Å². The molecule has 0 atom stereocenters. The first-order valence-corrected chi connectivity index (χ1v) is 6.99. The van der Waals surface area contributed by atoms with Crippen LogP contribution in [0.3, 0.4) is 0 Å². The van der Waals surface area contributed by atoms with E-state index in [9.17, 15) is 4.79 Å². The highest BCUT2D eigenvalue weighted by atomic mass is 16.2. The van der Waals surface area contributed by atoms with Crippen LogP contribution in [-0.4, -0.2) is 37.6 Å². The number of carbonyl (C=O) groups excluding carboxylic acids is 1. The van der Waals surface area contributed by atoms with Gasteiger partial charge in [0.15, 0.2) is 0 Å². The van der Waals surface area contributed by atoms with E-state index in [-0.39, 0.29) is 5.91 Å². The third-order valence-corrected chi connectivity index (χ3v) is 3.50. The number of hydrogen-bond donors (Lipinski definition) is 1. The van der Waals surface area contributed by atoms with Crippen LogP contribution >= 0.6 is 0 Å². The lowest BCUT2D eigenvalue weighted by molar-refractivity contribution is 0.0779. The largest absolute Gasteiger partial charge is 0.348 e. The summed E-state index contributed by atoms with van der Waals surface area (Å²) in [5.74, 6) is -0.0881. The Balaban J connectivity index is 1.70. The maximum atomic E-state index is 12.3. The molecule has 1 aromatic carbocycles. The van der Waals surface area contributed by atoms with Crippen molar-refractivity contribution >= 4 is 5.91 Å². The van der Waals surface area contributed by atoms with Crippen LogP contribution in [0.4, 0.5) is 0 Å². The van der Waals surface area contributed by atoms with Crippen molar-refractivity contribution in [1.82, 2.24) is 24.6 Å². The zero-order chi connectivity index (χ0) is 15.5. The van der Waals surface area contributed by atoms with Gasteiger partial charge in [-0.25, -0.2) is 9.67 Å². The Kier molecular flexibility index (Phi) is 3.74. The number of nitrogens with one attached hydrogen (secondary N) is 1. The molecule has 0 saturated carbocycles. The quantitative estimate of drug-likeness (QED) is 0.802. The first kappa shape index (κ1) is 14.1. The number of carbonyl (C=O) groups is 1. The molecule has 0 saturated heterocycles. The lowest BCUT2D eigenvalue weighted by atomic mass is 10.2. The number of aromatic amines is 1. The van der Waals surface area contributed by atoms with E-state index in [4.69, 9.17) is 0 Å². The lowest BCUT2D eigenvalue weighted by Gasteiger charge is -2.16. The molecule has 6 heteroatoms. The number of benzene rings is 1. The van der Waals surface area contributed by atoms with Gasteiger partial charge in [0.25, 0.3) is 5.91 Å². The standard InChI is InChI=1S/C16H17N5O/c1-12-15(18-11-17-12)16(22)20(2)10-13-4-6-14(7-5-13)21-9-3-8-19-21/h3-9,11H,10H2,1-2H3,(H,17,18). The van der Waals surface area contributed by atoms with Crippen molar-refractivity contribution in [2.24, 2.45) is 0 Å². The fraction of sp³-hybridized carbons (Fsp3) is 0.188. The van der Waals surface area contributed by atoms with Gasteiger partial charge in [-0.1, -0.05) is 12.1 Å². The van der Waals surface area contributed by atoms with Crippen molar-refractivity contribution in [3.8, 4) is 5.69 Å². The second-order valence-electron chi connectivity index (χ2n) is 5.15. The van der Waals surface area contributed by atoms with E-state index in [2.05, 4.69) is 15.1 Å². The fourth-order valence-electron chi connectivity index (χ4n) is 2.28. The number of H-pyrrole nitrogens is 1. The van der Waals surface area contributed by atoms with Gasteiger partial charge in [0.1, 0.15) is 5.69 Å². The molecular weight excluding hydrogens is 278 g/mol. The van der Waals surface area contributed by atoms with Crippen molar-refractivity contribution in [2.45, 2.75) is 13.5 Å². The van der Waals surface area contributed by atoms with Crippen molar-refractivity contribution in [1.29, 1.82) is 0 Å².